The lowest BCUT2D eigenvalue weighted by molar-refractivity contribution is -0.124. The lowest BCUT2D eigenvalue weighted by Gasteiger charge is -2.28. The van der Waals surface area contributed by atoms with Crippen LogP contribution in [0.3, 0.4) is 0 Å². The number of anilines is 1. The number of benzene rings is 1. The van der Waals surface area contributed by atoms with Crippen LogP contribution in [0.1, 0.15) is 25.3 Å². The number of hydrogen-bond donors (Lipinski definition) is 0. The van der Waals surface area contributed by atoms with Crippen LogP contribution in [0.5, 0.6) is 0 Å². The molecule has 0 spiro atoms. The predicted octanol–water partition coefficient (Wildman–Crippen LogP) is 2.36. The molecule has 1 aromatic carbocycles. The van der Waals surface area contributed by atoms with E-state index in [9.17, 15) is 9.59 Å². The molecule has 1 saturated heterocycles. The molecule has 8 heteroatoms. The number of ketones is 1. The molecule has 8 nitrogen and oxygen atoms in total. The molecule has 1 atom stereocenters. The van der Waals surface area contributed by atoms with Crippen molar-refractivity contribution in [3.05, 3.63) is 60.4 Å². The second-order valence-electron chi connectivity index (χ2n) is 8.45. The lowest BCUT2D eigenvalue weighted by Crippen LogP contribution is -2.40. The number of ether oxygens (including phenoxy) is 1. The zero-order chi connectivity index (χ0) is 23.0. The first-order valence-corrected chi connectivity index (χ1v) is 11.5. The van der Waals surface area contributed by atoms with E-state index >= 15 is 0 Å². The Morgan fingerprint density at radius 1 is 1.09 bits per heavy atom. The Bertz CT molecular complexity index is 961. The van der Waals surface area contributed by atoms with Gasteiger partial charge < -0.3 is 9.64 Å². The van der Waals surface area contributed by atoms with Crippen molar-refractivity contribution in [1.82, 2.24) is 14.8 Å². The van der Waals surface area contributed by atoms with E-state index in [1.807, 2.05) is 47.4 Å². The van der Waals surface area contributed by atoms with E-state index in [1.165, 1.54) is 0 Å². The third kappa shape index (κ3) is 6.03. The summed E-state index contributed by atoms with van der Waals surface area (Å²) in [6, 6.07) is 12.9. The van der Waals surface area contributed by atoms with Gasteiger partial charge in [-0.15, -0.1) is 0 Å². The second-order valence-corrected chi connectivity index (χ2v) is 8.45. The largest absolute Gasteiger partial charge is 0.379 e. The van der Waals surface area contributed by atoms with Gasteiger partial charge in [-0.2, -0.15) is 5.10 Å². The van der Waals surface area contributed by atoms with Crippen molar-refractivity contribution in [2.75, 3.05) is 44.4 Å². The average Bonchev–Trinajstić information content (AvgIpc) is 3.31. The second kappa shape index (κ2) is 11.2. The highest BCUT2D eigenvalue weighted by atomic mass is 16.5. The normalized spacial score (nSPS) is 18.8. The van der Waals surface area contributed by atoms with Crippen LogP contribution in [-0.2, 0) is 20.9 Å². The summed E-state index contributed by atoms with van der Waals surface area (Å²) in [4.78, 5) is 34.2. The highest BCUT2D eigenvalue weighted by Gasteiger charge is 2.35. The van der Waals surface area contributed by atoms with Crippen LogP contribution in [-0.4, -0.2) is 77.6 Å². The van der Waals surface area contributed by atoms with Crippen molar-refractivity contribution in [2.24, 2.45) is 5.10 Å². The Hall–Kier alpha value is -3.10. The first-order valence-electron chi connectivity index (χ1n) is 11.5. The Balaban J connectivity index is 1.49. The molecule has 1 fully saturated rings. The number of hydrazone groups is 1. The van der Waals surface area contributed by atoms with E-state index in [0.29, 0.717) is 25.2 Å². The number of pyridine rings is 1. The number of carbonyl (C=O) groups is 2. The molecule has 33 heavy (non-hydrogen) atoms. The van der Waals surface area contributed by atoms with E-state index in [4.69, 9.17) is 4.74 Å². The summed E-state index contributed by atoms with van der Waals surface area (Å²) in [6.07, 6.45) is 4.66. The molecule has 1 aromatic heterocycles. The van der Waals surface area contributed by atoms with Gasteiger partial charge in [-0.25, -0.2) is 0 Å². The molecular weight excluding hydrogens is 418 g/mol. The molecule has 2 aromatic rings. The SMILES string of the molecule is CC(=O)C1CC(C(=O)N(CCCN2CCOCC2)Cc2ccncc2)=NN1c1ccccc1. The van der Waals surface area contributed by atoms with Crippen LogP contribution < -0.4 is 5.01 Å². The van der Waals surface area contributed by atoms with E-state index in [0.717, 1.165) is 50.5 Å². The zero-order valence-electron chi connectivity index (χ0n) is 19.1. The van der Waals surface area contributed by atoms with Crippen LogP contribution >= 0.6 is 0 Å². The Morgan fingerprint density at radius 3 is 2.52 bits per heavy atom. The number of hydrogen-bond acceptors (Lipinski definition) is 7. The topological polar surface area (TPSA) is 78.3 Å². The predicted molar refractivity (Wildman–Crippen MR) is 127 cm³/mol. The summed E-state index contributed by atoms with van der Waals surface area (Å²) in [5.74, 6) is -0.114. The van der Waals surface area contributed by atoms with E-state index < -0.39 is 6.04 Å². The van der Waals surface area contributed by atoms with Gasteiger partial charge in [0.1, 0.15) is 11.8 Å². The summed E-state index contributed by atoms with van der Waals surface area (Å²) < 4.78 is 5.43. The molecule has 0 radical (unpaired) electrons. The summed E-state index contributed by atoms with van der Waals surface area (Å²) in [6.45, 7) is 6.96. The maximum Gasteiger partial charge on any atom is 0.270 e. The molecule has 3 heterocycles. The summed E-state index contributed by atoms with van der Waals surface area (Å²) >= 11 is 0. The van der Waals surface area contributed by atoms with Crippen molar-refractivity contribution in [2.45, 2.75) is 32.4 Å². The molecule has 2 aliphatic heterocycles. The lowest BCUT2D eigenvalue weighted by atomic mass is 10.1. The number of Topliss-reactive ketones (excluding diaryl/α,β-unsaturated/α-hetero) is 1. The highest BCUT2D eigenvalue weighted by molar-refractivity contribution is 6.40. The molecule has 174 valence electrons. The van der Waals surface area contributed by atoms with Gasteiger partial charge in [0.15, 0.2) is 5.78 Å². The number of aromatic nitrogens is 1. The standard InChI is InChI=1S/C25H31N5O3/c1-20(31)24-18-23(27-30(24)22-6-3-2-4-7-22)25(32)29(19-21-8-10-26-11-9-21)13-5-12-28-14-16-33-17-15-28/h2-4,6-11,24H,5,12-19H2,1H3. The van der Waals surface area contributed by atoms with Crippen LogP contribution in [0.2, 0.25) is 0 Å². The van der Waals surface area contributed by atoms with Gasteiger partial charge in [-0.05, 0) is 43.2 Å². The van der Waals surface area contributed by atoms with E-state index in [-0.39, 0.29) is 11.7 Å². The minimum atomic E-state index is -0.456. The third-order valence-electron chi connectivity index (χ3n) is 6.06. The highest BCUT2D eigenvalue weighted by Crippen LogP contribution is 2.26. The molecule has 1 amide bonds. The number of nitrogens with zero attached hydrogens (tertiary/aromatic N) is 5. The Labute approximate surface area is 194 Å². The van der Waals surface area contributed by atoms with E-state index in [1.54, 1.807) is 24.3 Å². The molecule has 1 unspecified atom stereocenters. The number of rotatable bonds is 9. The fraction of sp³-hybridized carbons (Fsp3) is 0.440. The van der Waals surface area contributed by atoms with Gasteiger partial charge in [-0.3, -0.25) is 24.5 Å². The molecule has 0 saturated carbocycles. The quantitative estimate of drug-likeness (QED) is 0.585. The third-order valence-corrected chi connectivity index (χ3v) is 6.06. The monoisotopic (exact) mass is 449 g/mol. The number of carbonyl (C=O) groups excluding carboxylic acids is 2. The van der Waals surface area contributed by atoms with Crippen LogP contribution in [0, 0.1) is 0 Å². The van der Waals surface area contributed by atoms with Gasteiger partial charge >= 0.3 is 0 Å². The first kappa shape index (κ1) is 23.1. The number of para-hydroxylation sites is 1. The molecule has 0 aliphatic carbocycles. The van der Waals surface area contributed by atoms with Crippen LogP contribution in [0.15, 0.2) is 60.0 Å². The van der Waals surface area contributed by atoms with Crippen molar-refractivity contribution < 1.29 is 14.3 Å². The fourth-order valence-corrected chi connectivity index (χ4v) is 4.23. The van der Waals surface area contributed by atoms with Crippen molar-refractivity contribution in [3.63, 3.8) is 0 Å². The minimum Gasteiger partial charge on any atom is -0.379 e. The Morgan fingerprint density at radius 2 is 1.82 bits per heavy atom. The molecule has 0 bridgehead atoms. The first-order chi connectivity index (χ1) is 16.1. The smallest absolute Gasteiger partial charge is 0.270 e. The van der Waals surface area contributed by atoms with Gasteiger partial charge in [0, 0.05) is 51.5 Å². The maximum absolute atomic E-state index is 13.6. The molecular formula is C25H31N5O3. The van der Waals surface area contributed by atoms with Crippen molar-refractivity contribution in [3.8, 4) is 0 Å². The molecule has 0 N–H and O–H groups in total. The number of amides is 1. The average molecular weight is 450 g/mol. The summed E-state index contributed by atoms with van der Waals surface area (Å²) in [7, 11) is 0. The minimum absolute atomic E-state index is 0.00148. The molecule has 4 rings (SSSR count). The van der Waals surface area contributed by atoms with Gasteiger partial charge in [-0.1, -0.05) is 18.2 Å². The van der Waals surface area contributed by atoms with E-state index in [2.05, 4.69) is 15.0 Å². The molecule has 2 aliphatic rings. The van der Waals surface area contributed by atoms with Crippen molar-refractivity contribution in [1.29, 1.82) is 0 Å². The van der Waals surface area contributed by atoms with Gasteiger partial charge in [0.2, 0.25) is 0 Å². The Kier molecular flexibility index (Phi) is 7.80. The number of morpholine rings is 1. The van der Waals surface area contributed by atoms with Crippen molar-refractivity contribution >= 4 is 23.1 Å². The van der Waals surface area contributed by atoms with Crippen LogP contribution in [0.25, 0.3) is 0 Å². The van der Waals surface area contributed by atoms with Gasteiger partial charge in [0.05, 0.1) is 18.9 Å². The zero-order valence-corrected chi connectivity index (χ0v) is 19.1. The summed E-state index contributed by atoms with van der Waals surface area (Å²) in [5, 5.41) is 6.31. The van der Waals surface area contributed by atoms with Gasteiger partial charge in [0.25, 0.3) is 5.91 Å². The maximum atomic E-state index is 13.6. The summed E-state index contributed by atoms with van der Waals surface area (Å²) in [5.41, 5.74) is 2.26. The fourth-order valence-electron chi connectivity index (χ4n) is 4.23. The van der Waals surface area contributed by atoms with Crippen LogP contribution in [0.4, 0.5) is 5.69 Å².